The number of carbonyl (C=O) groups is 2. The van der Waals surface area contributed by atoms with Crippen molar-refractivity contribution in [2.24, 2.45) is 5.73 Å². The van der Waals surface area contributed by atoms with E-state index in [1.165, 1.54) is 0 Å². The van der Waals surface area contributed by atoms with Gasteiger partial charge in [-0.15, -0.1) is 0 Å². The third-order valence-corrected chi connectivity index (χ3v) is 9.60. The predicted octanol–water partition coefficient (Wildman–Crippen LogP) is -13.5. The number of aliphatic hydroxyl groups excluding tert-OH is 8. The van der Waals surface area contributed by atoms with Crippen LogP contribution in [0, 0.1) is 0 Å². The zero-order valence-corrected chi connectivity index (χ0v) is 33.5. The molecule has 3 aliphatic heterocycles. The summed E-state index contributed by atoms with van der Waals surface area (Å²) in [6, 6.07) is -0.941. The summed E-state index contributed by atoms with van der Waals surface area (Å²) in [4.78, 5) is 25.0. The molecule has 14 atom stereocenters. The Morgan fingerprint density at radius 2 is 1.50 bits per heavy atom. The van der Waals surface area contributed by atoms with Crippen LogP contribution in [-0.4, -0.2) is 181 Å². The SMILES string of the molecule is N[C@H]1CO[C@H](OC[C@@H](O)[C@H]2O[C@@](OCCCSCCCS)(C(=O)[O-])C[C@@H](O[C@]3(C(=O)[O-])C[C@@H](O)[C@@H](O)[C@@H]([C@H](O)CO)O3)[C@H]2O)[C@H](O)[C@H]1O.[Na+].[Na+]. The number of thioether (sulfide) groups is 1. The minimum absolute atomic E-state index is 0. The first-order chi connectivity index (χ1) is 22.6. The zero-order valence-electron chi connectivity index (χ0n) is 27.8. The molecule has 3 saturated heterocycles. The van der Waals surface area contributed by atoms with Crippen LogP contribution in [0.2, 0.25) is 0 Å². The zero-order chi connectivity index (χ0) is 35.8. The molecule has 0 aliphatic carbocycles. The van der Waals surface area contributed by atoms with E-state index in [0.717, 1.165) is 12.2 Å². The molecule has 280 valence electrons. The summed E-state index contributed by atoms with van der Waals surface area (Å²) in [5.41, 5.74) is 5.63. The van der Waals surface area contributed by atoms with Crippen LogP contribution in [0.4, 0.5) is 0 Å². The molecule has 3 rings (SSSR count). The maximum absolute atomic E-state index is 12.6. The van der Waals surface area contributed by atoms with Crippen LogP contribution in [0.25, 0.3) is 0 Å². The number of carboxylic acid groups (broad SMARTS) is 2. The molecule has 3 aliphatic rings. The van der Waals surface area contributed by atoms with Gasteiger partial charge in [0, 0.05) is 12.8 Å². The van der Waals surface area contributed by atoms with E-state index >= 15 is 0 Å². The molecule has 50 heavy (non-hydrogen) atoms. The van der Waals surface area contributed by atoms with Gasteiger partial charge >= 0.3 is 59.1 Å². The molecule has 23 heteroatoms. The smallest absolute Gasteiger partial charge is 0.544 e. The van der Waals surface area contributed by atoms with E-state index in [0.29, 0.717) is 17.9 Å². The number of aliphatic carboxylic acids is 2. The molecule has 10 N–H and O–H groups in total. The van der Waals surface area contributed by atoms with Crippen LogP contribution in [-0.2, 0) is 38.0 Å². The van der Waals surface area contributed by atoms with Crippen LogP contribution in [0.15, 0.2) is 0 Å². The average Bonchev–Trinajstić information content (AvgIpc) is 3.05. The number of ether oxygens (including phenoxy) is 6. The molecular formula is C27H45NNa2O18S2. The third kappa shape index (κ3) is 12.3. The van der Waals surface area contributed by atoms with Crippen molar-refractivity contribution < 1.29 is 148 Å². The summed E-state index contributed by atoms with van der Waals surface area (Å²) in [7, 11) is 0. The van der Waals surface area contributed by atoms with E-state index in [1.54, 1.807) is 11.8 Å². The van der Waals surface area contributed by atoms with Gasteiger partial charge in [0.1, 0.15) is 60.8 Å². The molecule has 0 bridgehead atoms. The van der Waals surface area contributed by atoms with Gasteiger partial charge in [-0.2, -0.15) is 24.4 Å². The second-order valence-corrected chi connectivity index (χ2v) is 13.4. The van der Waals surface area contributed by atoms with E-state index in [2.05, 4.69) is 12.6 Å². The van der Waals surface area contributed by atoms with E-state index in [4.69, 9.17) is 34.2 Å². The van der Waals surface area contributed by atoms with Crippen molar-refractivity contribution >= 4 is 36.3 Å². The Bertz CT molecular complexity index is 1050. The van der Waals surface area contributed by atoms with Crippen LogP contribution >= 0.6 is 24.4 Å². The minimum Gasteiger partial charge on any atom is -0.544 e. The number of carbonyl (C=O) groups excluding carboxylic acids is 2. The fourth-order valence-electron chi connectivity index (χ4n) is 5.42. The molecule has 0 aromatic carbocycles. The first kappa shape index (κ1) is 49.1. The van der Waals surface area contributed by atoms with Gasteiger partial charge in [0.05, 0.1) is 44.7 Å². The molecule has 3 fully saturated rings. The summed E-state index contributed by atoms with van der Waals surface area (Å²) in [5.74, 6) is -8.00. The topological polar surface area (TPSA) is 324 Å². The van der Waals surface area contributed by atoms with Crippen molar-refractivity contribution in [3.63, 3.8) is 0 Å². The Hall–Kier alpha value is 1.04. The first-order valence-electron chi connectivity index (χ1n) is 15.3. The van der Waals surface area contributed by atoms with Crippen molar-refractivity contribution in [1.29, 1.82) is 0 Å². The largest absolute Gasteiger partial charge is 1.00 e. The quantitative estimate of drug-likeness (QED) is 0.0351. The van der Waals surface area contributed by atoms with Gasteiger partial charge < -0.3 is 94.8 Å². The van der Waals surface area contributed by atoms with E-state index < -0.39 is 123 Å². The molecule has 0 aromatic heterocycles. The number of hydrogen-bond donors (Lipinski definition) is 10. The van der Waals surface area contributed by atoms with Crippen LogP contribution in [0.1, 0.15) is 25.7 Å². The Balaban J connectivity index is 0.00000625. The second-order valence-electron chi connectivity index (χ2n) is 11.7. The summed E-state index contributed by atoms with van der Waals surface area (Å²) in [6.45, 7) is -2.34. The normalized spacial score (nSPS) is 38.7. The van der Waals surface area contributed by atoms with Crippen molar-refractivity contribution in [3.8, 4) is 0 Å². The van der Waals surface area contributed by atoms with Gasteiger partial charge in [-0.3, -0.25) is 0 Å². The molecule has 0 unspecified atom stereocenters. The number of carboxylic acids is 2. The van der Waals surface area contributed by atoms with Gasteiger partial charge in [-0.05, 0) is 30.1 Å². The van der Waals surface area contributed by atoms with Crippen molar-refractivity contribution in [3.05, 3.63) is 0 Å². The molecule has 0 radical (unpaired) electrons. The van der Waals surface area contributed by atoms with Gasteiger partial charge in [0.15, 0.2) is 6.29 Å². The Morgan fingerprint density at radius 3 is 2.10 bits per heavy atom. The standard InChI is InChI=1S/C27H47NO18S2.2Na/c28-12-10-41-23(20(36)17(12)33)42-11-15(32)22-19(35)16(8-26(45-22,24(37)38)43-3-1-5-48-6-2-4-47)44-27(25(39)40)7-13(30)18(34)21(46-27)14(31)9-29;;/h12-23,29-36,47H,1-11,28H2,(H,37,38)(H,39,40);;/q;2*+1/p-2/t12-,13+,14+,15+,16+,17-,18+,19+,20+,21+,22+,23+,26+,27+;;/m0../s1. The summed E-state index contributed by atoms with van der Waals surface area (Å²) < 4.78 is 32.7. The number of rotatable bonds is 18. The Kier molecular flexibility index (Phi) is 22.1. The Morgan fingerprint density at radius 1 is 0.900 bits per heavy atom. The Labute approximate surface area is 342 Å². The molecule has 0 amide bonds. The van der Waals surface area contributed by atoms with Crippen molar-refractivity contribution in [2.75, 3.05) is 43.7 Å². The second kappa shape index (κ2) is 22.6. The summed E-state index contributed by atoms with van der Waals surface area (Å²) >= 11 is 5.68. The van der Waals surface area contributed by atoms with Crippen molar-refractivity contribution in [1.82, 2.24) is 0 Å². The van der Waals surface area contributed by atoms with E-state index in [9.17, 15) is 60.7 Å². The number of aliphatic hydroxyl groups is 8. The van der Waals surface area contributed by atoms with E-state index in [-0.39, 0.29) is 72.3 Å². The molecule has 0 spiro atoms. The van der Waals surface area contributed by atoms with Crippen LogP contribution in [0.5, 0.6) is 0 Å². The molecule has 19 nitrogen and oxygen atoms in total. The summed E-state index contributed by atoms with van der Waals surface area (Å²) in [5, 5.41) is 108. The van der Waals surface area contributed by atoms with Crippen LogP contribution in [0.3, 0.4) is 0 Å². The molecule has 0 aromatic rings. The average molecular weight is 782 g/mol. The van der Waals surface area contributed by atoms with Crippen LogP contribution < -0.4 is 75.1 Å². The minimum atomic E-state index is -3.05. The first-order valence-corrected chi connectivity index (χ1v) is 17.1. The molecular weight excluding hydrogens is 736 g/mol. The summed E-state index contributed by atoms with van der Waals surface area (Å²) in [6.07, 6.45) is -21.2. The monoisotopic (exact) mass is 781 g/mol. The predicted molar refractivity (Wildman–Crippen MR) is 158 cm³/mol. The maximum atomic E-state index is 12.6. The number of nitrogens with two attached hydrogens (primary N) is 1. The number of thiol groups is 1. The van der Waals surface area contributed by atoms with Gasteiger partial charge in [-0.1, -0.05) is 0 Å². The molecule has 3 heterocycles. The van der Waals surface area contributed by atoms with Gasteiger partial charge in [0.25, 0.3) is 0 Å². The van der Waals surface area contributed by atoms with E-state index in [1.807, 2.05) is 0 Å². The fraction of sp³-hybridized carbons (Fsp3) is 0.926. The molecule has 0 saturated carbocycles. The fourth-order valence-corrected chi connectivity index (χ4v) is 6.66. The maximum Gasteiger partial charge on any atom is 1.00 e. The number of hydrogen-bond acceptors (Lipinski definition) is 21. The van der Waals surface area contributed by atoms with Gasteiger partial charge in [0.2, 0.25) is 11.6 Å². The van der Waals surface area contributed by atoms with Crippen molar-refractivity contribution in [2.45, 2.75) is 111 Å². The third-order valence-electron chi connectivity index (χ3n) is 8.12. The van der Waals surface area contributed by atoms with Gasteiger partial charge in [-0.25, -0.2) is 0 Å².